The van der Waals surface area contributed by atoms with Gasteiger partial charge >= 0.3 is 341 Å². The second kappa shape index (κ2) is 14.5. The van der Waals surface area contributed by atoms with Crippen LogP contribution < -0.4 is 0 Å². The van der Waals surface area contributed by atoms with E-state index < -0.39 is 18.3 Å². The summed E-state index contributed by atoms with van der Waals surface area (Å²) in [5, 5.41) is 5.26. The molecule has 0 saturated heterocycles. The first-order valence-corrected chi connectivity index (χ1v) is 29.6. The molecule has 6 aromatic rings. The van der Waals surface area contributed by atoms with E-state index in [9.17, 15) is 0 Å². The van der Waals surface area contributed by atoms with Crippen LogP contribution in [-0.4, -0.2) is 4.21 Å². The van der Waals surface area contributed by atoms with Crippen molar-refractivity contribution in [2.24, 2.45) is 0 Å². The van der Waals surface area contributed by atoms with Gasteiger partial charge in [-0.15, -0.1) is 0 Å². The molecule has 0 amide bonds. The zero-order valence-electron chi connectivity index (χ0n) is 35.3. The molecule has 0 nitrogen and oxygen atoms in total. The normalized spacial score (nSPS) is 14.9. The Morgan fingerprint density at radius 3 is 1.32 bits per heavy atom. The molecular formula is C55H62Zr. The van der Waals surface area contributed by atoms with Gasteiger partial charge in [0.05, 0.1) is 0 Å². The predicted molar refractivity (Wildman–Crippen MR) is 246 cm³/mol. The Bertz CT molecular complexity index is 2410. The summed E-state index contributed by atoms with van der Waals surface area (Å²) < 4.78 is 9.18. The third-order valence-electron chi connectivity index (χ3n) is 13.8. The van der Waals surface area contributed by atoms with Gasteiger partial charge in [0.1, 0.15) is 0 Å². The summed E-state index contributed by atoms with van der Waals surface area (Å²) in [4.78, 5) is 0. The summed E-state index contributed by atoms with van der Waals surface area (Å²) in [5.74, 6) is 0. The molecule has 2 aliphatic rings. The van der Waals surface area contributed by atoms with Gasteiger partial charge in [0, 0.05) is 0 Å². The second-order valence-corrected chi connectivity index (χ2v) is 35.6. The number of rotatable bonds is 10. The van der Waals surface area contributed by atoms with E-state index in [4.69, 9.17) is 4.21 Å². The van der Waals surface area contributed by atoms with E-state index >= 15 is 0 Å². The van der Waals surface area contributed by atoms with Crippen LogP contribution in [0.3, 0.4) is 0 Å². The summed E-state index contributed by atoms with van der Waals surface area (Å²) in [6.45, 7) is 19.2. The molecule has 286 valence electrons. The molecule has 0 bridgehead atoms. The standard InChI is InChI=1S/C41H37.C5H5.2C4H9.CH2.Zr/c1-40(2,3)38-24-34-28(22-36(38)32-19-11-15-26-13-7-9-17-30(26)32)21-29-23-37(39(25-35(29)34)41(4,5)6)33-20-12-16-27-14-8-10-18-31(27)33;1-2-4-5-3-1;2*1-3-4-2;;/h7-25H,1-6H3;1-5H;2*1,3-4H2,2H3;1H2;. The van der Waals surface area contributed by atoms with Gasteiger partial charge in [-0.05, 0) is 0 Å². The molecule has 6 aromatic carbocycles. The first-order valence-electron chi connectivity index (χ1n) is 21.5. The van der Waals surface area contributed by atoms with Crippen molar-refractivity contribution >= 4 is 25.8 Å². The quantitative estimate of drug-likeness (QED) is 0.129. The van der Waals surface area contributed by atoms with Crippen molar-refractivity contribution in [1.29, 1.82) is 0 Å². The maximum absolute atomic E-state index is 5.89. The maximum atomic E-state index is 5.89. The van der Waals surface area contributed by atoms with Gasteiger partial charge < -0.3 is 0 Å². The van der Waals surface area contributed by atoms with Crippen LogP contribution in [0.4, 0.5) is 0 Å². The Labute approximate surface area is 338 Å². The fourth-order valence-electron chi connectivity index (χ4n) is 10.9. The molecule has 0 spiro atoms. The number of hydrogen-bond acceptors (Lipinski definition) is 0. The van der Waals surface area contributed by atoms with Gasteiger partial charge in [-0.3, -0.25) is 0 Å². The van der Waals surface area contributed by atoms with Gasteiger partial charge in [0.2, 0.25) is 0 Å². The Balaban J connectivity index is 1.54. The van der Waals surface area contributed by atoms with Crippen LogP contribution >= 0.6 is 0 Å². The number of benzene rings is 6. The summed E-state index contributed by atoms with van der Waals surface area (Å²) in [6, 6.07) is 42.5. The van der Waals surface area contributed by atoms with Gasteiger partial charge in [0.15, 0.2) is 0 Å². The molecule has 56 heavy (non-hydrogen) atoms. The first kappa shape index (κ1) is 38.9. The van der Waals surface area contributed by atoms with E-state index in [1.165, 1.54) is 100.0 Å². The van der Waals surface area contributed by atoms with Crippen LogP contribution in [0.5, 0.6) is 0 Å². The van der Waals surface area contributed by atoms with E-state index in [1.54, 1.807) is 11.1 Å². The van der Waals surface area contributed by atoms with E-state index in [2.05, 4.69) is 189 Å². The molecular weight excluding hydrogens is 752 g/mol. The Morgan fingerprint density at radius 1 is 0.500 bits per heavy atom. The molecule has 0 saturated carbocycles. The van der Waals surface area contributed by atoms with E-state index in [0.717, 1.165) is 0 Å². The average Bonchev–Trinajstić information content (AvgIpc) is 3.85. The molecule has 8 rings (SSSR count). The van der Waals surface area contributed by atoms with Crippen molar-refractivity contribution in [3.8, 4) is 33.4 Å². The minimum absolute atomic E-state index is 0.0564. The van der Waals surface area contributed by atoms with Crippen molar-refractivity contribution in [1.82, 2.24) is 0 Å². The van der Waals surface area contributed by atoms with Crippen molar-refractivity contribution in [2.75, 3.05) is 0 Å². The summed E-state index contributed by atoms with van der Waals surface area (Å²) in [7, 11) is 0. The summed E-state index contributed by atoms with van der Waals surface area (Å²) >= 11 is -4.23. The van der Waals surface area contributed by atoms with Gasteiger partial charge in [-0.2, -0.15) is 0 Å². The van der Waals surface area contributed by atoms with Gasteiger partial charge in [-0.25, -0.2) is 0 Å². The second-order valence-electron chi connectivity index (χ2n) is 19.6. The minimum atomic E-state index is -4.23. The van der Waals surface area contributed by atoms with Crippen LogP contribution in [0.25, 0.3) is 54.9 Å². The van der Waals surface area contributed by atoms with Crippen LogP contribution in [0, 0.1) is 0 Å². The SMILES string of the molecule is [CH2]=[Zr]([CH2]CCC)([CH2]CCC)([CH]1C=CC=C1)[CH]1c2cc(-c3cccc4ccccc34)c(C(C)(C)C)cc2-c2cc(C(C)(C)C)c(-c3cccc4ccccc34)cc21. The van der Waals surface area contributed by atoms with Crippen LogP contribution in [0.15, 0.2) is 133 Å². The van der Waals surface area contributed by atoms with E-state index in [-0.39, 0.29) is 10.8 Å². The average molecular weight is 814 g/mol. The van der Waals surface area contributed by atoms with Gasteiger partial charge in [0.25, 0.3) is 0 Å². The molecule has 1 heteroatoms. The zero-order chi connectivity index (χ0) is 39.5. The van der Waals surface area contributed by atoms with Crippen molar-refractivity contribution in [2.45, 2.75) is 107 Å². The van der Waals surface area contributed by atoms with E-state index in [0.29, 0.717) is 7.25 Å². The number of unbranched alkanes of at least 4 members (excludes halogenated alkanes) is 2. The summed E-state index contributed by atoms with van der Waals surface area (Å²) in [6.07, 6.45) is 14.7. The molecule has 0 aliphatic heterocycles. The third kappa shape index (κ3) is 6.42. The van der Waals surface area contributed by atoms with Crippen LogP contribution in [-0.2, 0) is 29.1 Å². The molecule has 0 atom stereocenters. The first-order chi connectivity index (χ1) is 26.8. The Morgan fingerprint density at radius 2 is 0.911 bits per heavy atom. The topological polar surface area (TPSA) is 0 Å². The zero-order valence-corrected chi connectivity index (χ0v) is 37.8. The van der Waals surface area contributed by atoms with Crippen molar-refractivity contribution < 1.29 is 18.3 Å². The molecule has 2 aliphatic carbocycles. The molecule has 0 radical (unpaired) electrons. The van der Waals surface area contributed by atoms with Crippen molar-refractivity contribution in [3.05, 3.63) is 156 Å². The molecule has 0 fully saturated rings. The van der Waals surface area contributed by atoms with Crippen LogP contribution in [0.2, 0.25) is 11.9 Å². The van der Waals surface area contributed by atoms with Crippen LogP contribution in [0.1, 0.15) is 107 Å². The molecule has 0 unspecified atom stereocenters. The number of hydrogen-bond donors (Lipinski definition) is 0. The van der Waals surface area contributed by atoms with Crippen molar-refractivity contribution in [3.63, 3.8) is 0 Å². The fraction of sp³-hybridized carbons (Fsp3) is 0.327. The number of fused-ring (bicyclic) bond motifs is 5. The molecule has 0 N–H and O–H groups in total. The Kier molecular flexibility index (Phi) is 10.1. The molecule has 0 aromatic heterocycles. The Hall–Kier alpha value is -3.93. The number of allylic oxidation sites excluding steroid dienone is 4. The third-order valence-corrected chi connectivity index (χ3v) is 32.6. The monoisotopic (exact) mass is 812 g/mol. The van der Waals surface area contributed by atoms with E-state index in [1.807, 2.05) is 0 Å². The molecule has 0 heterocycles. The fourth-order valence-corrected chi connectivity index (χ4v) is 30.2. The van der Waals surface area contributed by atoms with Gasteiger partial charge in [-0.1, -0.05) is 0 Å². The predicted octanol–water partition coefficient (Wildman–Crippen LogP) is 16.5. The summed E-state index contributed by atoms with van der Waals surface area (Å²) in [5.41, 5.74) is 14.2.